The molecule has 0 saturated heterocycles. The van der Waals surface area contributed by atoms with Gasteiger partial charge in [0.05, 0.1) is 0 Å². The van der Waals surface area contributed by atoms with Crippen LogP contribution in [0.1, 0.15) is 23.1 Å². The standard InChI is InChI=1S/C9H11NO3/c1-5-3-7(4-6(2)10-5)8(11)9(12)13/h3-4,8,11H,1-2H3,(H,12,13). The zero-order chi connectivity index (χ0) is 10.0. The number of aliphatic hydroxyl groups excluding tert-OH is 1. The smallest absolute Gasteiger partial charge is 0.337 e. The summed E-state index contributed by atoms with van der Waals surface area (Å²) < 4.78 is 0. The van der Waals surface area contributed by atoms with E-state index in [1.165, 1.54) is 0 Å². The number of nitrogens with zero attached hydrogens (tertiary/aromatic N) is 1. The lowest BCUT2D eigenvalue weighted by Gasteiger charge is -2.07. The summed E-state index contributed by atoms with van der Waals surface area (Å²) in [7, 11) is 0. The van der Waals surface area contributed by atoms with Crippen molar-refractivity contribution >= 4 is 5.97 Å². The average Bonchev–Trinajstić information content (AvgIpc) is 2.01. The number of aliphatic hydroxyl groups is 1. The van der Waals surface area contributed by atoms with Crippen LogP contribution in [0, 0.1) is 13.8 Å². The Labute approximate surface area is 75.9 Å². The van der Waals surface area contributed by atoms with Gasteiger partial charge in [0, 0.05) is 11.4 Å². The van der Waals surface area contributed by atoms with E-state index in [1.54, 1.807) is 26.0 Å². The van der Waals surface area contributed by atoms with Crippen molar-refractivity contribution in [2.75, 3.05) is 0 Å². The maximum Gasteiger partial charge on any atom is 0.337 e. The fraction of sp³-hybridized carbons (Fsp3) is 0.333. The Hall–Kier alpha value is -1.42. The molecule has 4 heteroatoms. The van der Waals surface area contributed by atoms with Gasteiger partial charge in [0.1, 0.15) is 0 Å². The molecule has 0 fully saturated rings. The van der Waals surface area contributed by atoms with E-state index in [-0.39, 0.29) is 0 Å². The zero-order valence-corrected chi connectivity index (χ0v) is 7.48. The lowest BCUT2D eigenvalue weighted by atomic mass is 10.1. The Bertz CT molecular complexity index is 315. The monoisotopic (exact) mass is 181 g/mol. The summed E-state index contributed by atoms with van der Waals surface area (Å²) in [5.41, 5.74) is 1.78. The van der Waals surface area contributed by atoms with Crippen LogP contribution in [0.3, 0.4) is 0 Å². The average molecular weight is 181 g/mol. The molecule has 1 heterocycles. The van der Waals surface area contributed by atoms with Crippen LogP contribution in [0.25, 0.3) is 0 Å². The van der Waals surface area contributed by atoms with E-state index in [0.717, 1.165) is 0 Å². The van der Waals surface area contributed by atoms with Gasteiger partial charge in [0.2, 0.25) is 0 Å². The SMILES string of the molecule is Cc1cc(C(O)C(=O)O)cc(C)n1. The molecule has 0 aromatic carbocycles. The van der Waals surface area contributed by atoms with Crippen molar-refractivity contribution < 1.29 is 15.0 Å². The van der Waals surface area contributed by atoms with E-state index in [0.29, 0.717) is 17.0 Å². The number of pyridine rings is 1. The van der Waals surface area contributed by atoms with Crippen molar-refractivity contribution in [1.29, 1.82) is 0 Å². The normalized spacial score (nSPS) is 12.5. The lowest BCUT2D eigenvalue weighted by Crippen LogP contribution is -2.11. The van der Waals surface area contributed by atoms with Crippen molar-refractivity contribution in [1.82, 2.24) is 4.98 Å². The number of hydrogen-bond donors (Lipinski definition) is 2. The second-order valence-corrected chi connectivity index (χ2v) is 2.92. The predicted octanol–water partition coefficient (Wildman–Crippen LogP) is 0.816. The third-order valence-electron chi connectivity index (χ3n) is 1.65. The first-order valence-electron chi connectivity index (χ1n) is 3.87. The summed E-state index contributed by atoms with van der Waals surface area (Å²) in [6.07, 6.45) is -1.46. The molecule has 0 aliphatic rings. The van der Waals surface area contributed by atoms with Gasteiger partial charge >= 0.3 is 5.97 Å². The molecule has 1 aromatic heterocycles. The van der Waals surface area contributed by atoms with Crippen LogP contribution in [0.5, 0.6) is 0 Å². The molecular formula is C9H11NO3. The van der Waals surface area contributed by atoms with Gasteiger partial charge < -0.3 is 10.2 Å². The molecule has 0 saturated carbocycles. The molecule has 13 heavy (non-hydrogen) atoms. The number of aliphatic carboxylic acids is 1. The molecule has 0 aliphatic heterocycles. The van der Waals surface area contributed by atoms with Gasteiger partial charge in [0.15, 0.2) is 6.10 Å². The second kappa shape index (κ2) is 3.53. The Kier molecular flexibility index (Phi) is 2.63. The fourth-order valence-electron chi connectivity index (χ4n) is 1.17. The first-order valence-corrected chi connectivity index (χ1v) is 3.87. The van der Waals surface area contributed by atoms with E-state index < -0.39 is 12.1 Å². The third-order valence-corrected chi connectivity index (χ3v) is 1.65. The van der Waals surface area contributed by atoms with Crippen molar-refractivity contribution in [2.45, 2.75) is 20.0 Å². The first kappa shape index (κ1) is 9.67. The molecule has 4 nitrogen and oxygen atoms in total. The quantitative estimate of drug-likeness (QED) is 0.708. The summed E-state index contributed by atoms with van der Waals surface area (Å²) in [6, 6.07) is 3.12. The molecule has 70 valence electrons. The highest BCUT2D eigenvalue weighted by Crippen LogP contribution is 2.14. The van der Waals surface area contributed by atoms with Gasteiger partial charge in [-0.15, -0.1) is 0 Å². The zero-order valence-electron chi connectivity index (χ0n) is 7.48. The maximum absolute atomic E-state index is 10.5. The number of carbonyl (C=O) groups is 1. The van der Waals surface area contributed by atoms with Crippen LogP contribution in [0.4, 0.5) is 0 Å². The molecule has 0 amide bonds. The molecule has 0 radical (unpaired) electrons. The maximum atomic E-state index is 10.5. The van der Waals surface area contributed by atoms with Crippen LogP contribution >= 0.6 is 0 Å². The fourth-order valence-corrected chi connectivity index (χ4v) is 1.17. The number of rotatable bonds is 2. The summed E-state index contributed by atoms with van der Waals surface area (Å²) in [4.78, 5) is 14.5. The van der Waals surface area contributed by atoms with Crippen molar-refractivity contribution in [3.63, 3.8) is 0 Å². The van der Waals surface area contributed by atoms with Gasteiger partial charge in [0.25, 0.3) is 0 Å². The molecule has 0 bridgehead atoms. The minimum absolute atomic E-state index is 0.373. The number of carboxylic acids is 1. The van der Waals surface area contributed by atoms with Gasteiger partial charge in [-0.1, -0.05) is 0 Å². The van der Waals surface area contributed by atoms with Gasteiger partial charge in [-0.2, -0.15) is 0 Å². The summed E-state index contributed by atoms with van der Waals surface area (Å²) >= 11 is 0. The Morgan fingerprint density at radius 3 is 2.23 bits per heavy atom. The van der Waals surface area contributed by atoms with Crippen LogP contribution in [0.2, 0.25) is 0 Å². The van der Waals surface area contributed by atoms with E-state index in [9.17, 15) is 9.90 Å². The Morgan fingerprint density at radius 2 is 1.85 bits per heavy atom. The van der Waals surface area contributed by atoms with Crippen molar-refractivity contribution in [3.8, 4) is 0 Å². The summed E-state index contributed by atoms with van der Waals surface area (Å²) in [6.45, 7) is 3.51. The second-order valence-electron chi connectivity index (χ2n) is 2.92. The molecular weight excluding hydrogens is 170 g/mol. The van der Waals surface area contributed by atoms with E-state index in [1.807, 2.05) is 0 Å². The van der Waals surface area contributed by atoms with E-state index in [2.05, 4.69) is 4.98 Å². The minimum atomic E-state index is -1.46. The van der Waals surface area contributed by atoms with Gasteiger partial charge in [-0.25, -0.2) is 4.79 Å². The molecule has 0 aliphatic carbocycles. The van der Waals surface area contributed by atoms with Crippen LogP contribution in [-0.2, 0) is 4.79 Å². The topological polar surface area (TPSA) is 70.4 Å². The van der Waals surface area contributed by atoms with Gasteiger partial charge in [-0.05, 0) is 31.5 Å². The molecule has 1 aromatic rings. The van der Waals surface area contributed by atoms with Crippen molar-refractivity contribution in [3.05, 3.63) is 29.1 Å². The first-order chi connectivity index (χ1) is 6.00. The Balaban J connectivity index is 3.07. The number of aryl methyl sites for hydroxylation is 2. The van der Waals surface area contributed by atoms with Crippen LogP contribution in [0.15, 0.2) is 12.1 Å². The molecule has 0 spiro atoms. The largest absolute Gasteiger partial charge is 0.479 e. The Morgan fingerprint density at radius 1 is 1.38 bits per heavy atom. The van der Waals surface area contributed by atoms with E-state index in [4.69, 9.17) is 5.11 Å². The van der Waals surface area contributed by atoms with Gasteiger partial charge in [-0.3, -0.25) is 4.98 Å². The van der Waals surface area contributed by atoms with Crippen molar-refractivity contribution in [2.24, 2.45) is 0 Å². The third kappa shape index (κ3) is 2.26. The van der Waals surface area contributed by atoms with Crippen LogP contribution < -0.4 is 0 Å². The highest BCUT2D eigenvalue weighted by atomic mass is 16.4. The highest BCUT2D eigenvalue weighted by Gasteiger charge is 2.16. The molecule has 1 atom stereocenters. The predicted molar refractivity (Wildman–Crippen MR) is 46.3 cm³/mol. The van der Waals surface area contributed by atoms with Crippen LogP contribution in [-0.4, -0.2) is 21.2 Å². The number of aromatic nitrogens is 1. The number of hydrogen-bond acceptors (Lipinski definition) is 3. The molecule has 1 rings (SSSR count). The van der Waals surface area contributed by atoms with E-state index >= 15 is 0 Å². The molecule has 1 unspecified atom stereocenters. The summed E-state index contributed by atoms with van der Waals surface area (Å²) in [5, 5.41) is 17.8. The summed E-state index contributed by atoms with van der Waals surface area (Å²) in [5.74, 6) is -1.25. The lowest BCUT2D eigenvalue weighted by molar-refractivity contribution is -0.146. The highest BCUT2D eigenvalue weighted by molar-refractivity contribution is 5.74. The molecule has 2 N–H and O–H groups in total. The minimum Gasteiger partial charge on any atom is -0.479 e. The number of carboxylic acid groups (broad SMARTS) is 1.